The van der Waals surface area contributed by atoms with Crippen molar-refractivity contribution in [3.63, 3.8) is 0 Å². The molecule has 0 saturated carbocycles. The monoisotopic (exact) mass is 1290 g/mol. The molecule has 14 rings (SSSR count). The number of fused-ring (bicyclic) bond motifs is 7. The average molecular weight is 1290 g/mol. The van der Waals surface area contributed by atoms with Gasteiger partial charge in [0.1, 0.15) is 5.82 Å². The first-order valence-corrected chi connectivity index (χ1v) is 28.5. The van der Waals surface area contributed by atoms with Gasteiger partial charge in [-0.2, -0.15) is 18.2 Å². The van der Waals surface area contributed by atoms with E-state index in [2.05, 4.69) is 188 Å². The Balaban J connectivity index is 0.00000787. The van der Waals surface area contributed by atoms with Crippen molar-refractivity contribution in [1.82, 2.24) is 18.7 Å². The van der Waals surface area contributed by atoms with E-state index in [1.807, 2.05) is 82.1 Å². The third-order valence-electron chi connectivity index (χ3n) is 16.3. The quantitative estimate of drug-likeness (QED) is 0.0956. The minimum absolute atomic E-state index is 0. The topological polar surface area (TPSA) is 40.8 Å². The molecule has 0 spiro atoms. The number of benzene rings is 10. The van der Waals surface area contributed by atoms with Crippen LogP contribution in [0.5, 0.6) is 11.5 Å². The molecule has 0 amide bonds. The van der Waals surface area contributed by atoms with Gasteiger partial charge in [0.2, 0.25) is 0 Å². The predicted octanol–water partition coefficient (Wildman–Crippen LogP) is 19.1. The maximum absolute atomic E-state index is 9.25. The van der Waals surface area contributed by atoms with E-state index < -0.39 is 36.3 Å². The predicted molar refractivity (Wildman–Crippen MR) is 346 cm³/mol. The molecule has 0 N–H and O–H groups in total. The van der Waals surface area contributed by atoms with E-state index >= 15 is 0 Å². The Bertz CT molecular complexity index is 5220. The van der Waals surface area contributed by atoms with E-state index in [1.54, 1.807) is 10.6 Å². The Hall–Kier alpha value is -9.09. The molecule has 14 aromatic rings. The van der Waals surface area contributed by atoms with Gasteiger partial charge in [0.15, 0.2) is 0 Å². The molecule has 0 unspecified atom stereocenters. The van der Waals surface area contributed by atoms with Gasteiger partial charge in [-0.25, -0.2) is 4.98 Å². The Morgan fingerprint density at radius 2 is 1.14 bits per heavy atom. The maximum Gasteiger partial charge on any atom is 0.268 e. The van der Waals surface area contributed by atoms with Gasteiger partial charge in [0.05, 0.1) is 38.7 Å². The molecule has 6 nitrogen and oxygen atoms in total. The zero-order valence-electron chi connectivity index (χ0n) is 56.6. The minimum atomic E-state index is -0.500. The van der Waals surface area contributed by atoms with Crippen LogP contribution in [0.15, 0.2) is 237 Å². The number of aromatic nitrogens is 5. The van der Waals surface area contributed by atoms with Crippen LogP contribution in [0.1, 0.15) is 88.6 Å². The number of pyridine rings is 1. The van der Waals surface area contributed by atoms with Crippen molar-refractivity contribution in [3.05, 3.63) is 277 Å². The van der Waals surface area contributed by atoms with Gasteiger partial charge >= 0.3 is 0 Å². The molecule has 0 fully saturated rings. The van der Waals surface area contributed by atoms with E-state index in [0.717, 1.165) is 60.8 Å². The van der Waals surface area contributed by atoms with Crippen LogP contribution in [0.2, 0.25) is 0 Å². The molecule has 7 heteroatoms. The normalized spacial score (nSPS) is 13.5. The van der Waals surface area contributed by atoms with Crippen LogP contribution < -0.4 is 9.30 Å². The summed E-state index contributed by atoms with van der Waals surface area (Å²) in [6.45, 7) is 18.1. The fraction of sp³-hybridized carbons (Fsp3) is 0.154. The van der Waals surface area contributed by atoms with Crippen molar-refractivity contribution < 1.29 is 41.3 Å². The Kier molecular flexibility index (Phi) is 11.7. The second-order valence-electron chi connectivity index (χ2n) is 24.5. The van der Waals surface area contributed by atoms with Gasteiger partial charge in [-0.05, 0) is 121 Å². The number of rotatable bonds is 11. The third-order valence-corrected chi connectivity index (χ3v) is 16.3. The molecular weight excluding hydrogens is 1220 g/mol. The number of para-hydroxylation sites is 5. The van der Waals surface area contributed by atoms with Gasteiger partial charge in [-0.3, -0.25) is 4.57 Å². The number of hydrogen-bond acceptors (Lipinski definition) is 2. The van der Waals surface area contributed by atoms with E-state index in [0.29, 0.717) is 40.6 Å². The van der Waals surface area contributed by atoms with E-state index in [1.165, 1.54) is 16.7 Å². The standard InChI is InChI=1S/C78H65N5O.Pt/c1-76(2,3)56-44-54(45-57(46-56)77(4,5)6)63-32-22-31-62(53-23-11-9-12-24-53)75(63)81-51-80(71-35-19-20-36-72(71)81)58-27-21-28-60(47-58)84-61-38-39-66-67-48-59(82-68-33-17-15-29-64(68)65-30-16-18-34-69(65)82)37-40-70(67)83(73(66)49-61)74-43-52(41-42-79-74)50-78(7,8)55-25-13-10-14-26-55;/h9-46,48H,50H2,1-8H3;/q-2;/i15D,16D,17D,18D,29D,30D,33D,34D;. The summed E-state index contributed by atoms with van der Waals surface area (Å²) in [6.07, 6.45) is 6.35. The SMILES string of the molecule is [2H]c1c([2H])c([2H])c2c(c1[2H])c1c([2H])c([2H])c([2H])c([2H])c1n2-c1ccc2c(c1)c1ccc(Oc3[c-]c(-n4[c-][n+](-c5c(-c6ccccc6)cccc5-c5cc(C(C)(C)C)cc(C(C)(C)C)c5)c5ccccc54)ccc3)[c-]c1n2-c1cc(CC(C)(C)c2ccccc2)ccn1.[Pt]. The first kappa shape index (κ1) is 46.3. The second-order valence-corrected chi connectivity index (χ2v) is 24.5. The molecular formula is C78H65N5OPt-2. The van der Waals surface area contributed by atoms with E-state index in [4.69, 9.17) is 17.9 Å². The zero-order chi connectivity index (χ0) is 64.4. The fourth-order valence-corrected chi connectivity index (χ4v) is 11.9. The van der Waals surface area contributed by atoms with Gasteiger partial charge in [-0.1, -0.05) is 218 Å². The minimum Gasteiger partial charge on any atom is -0.510 e. The molecule has 0 aliphatic carbocycles. The molecule has 420 valence electrons. The molecule has 4 heterocycles. The molecule has 85 heavy (non-hydrogen) atoms. The van der Waals surface area contributed by atoms with Crippen LogP contribution in [-0.4, -0.2) is 18.7 Å². The van der Waals surface area contributed by atoms with Gasteiger partial charge in [0.25, 0.3) is 6.33 Å². The Labute approximate surface area is 523 Å². The molecule has 0 aliphatic rings. The molecule has 0 aliphatic heterocycles. The van der Waals surface area contributed by atoms with Crippen molar-refractivity contribution in [2.24, 2.45) is 0 Å². The van der Waals surface area contributed by atoms with Crippen LogP contribution in [0.3, 0.4) is 0 Å². The molecule has 10 aromatic carbocycles. The van der Waals surface area contributed by atoms with E-state index in [9.17, 15) is 2.74 Å². The summed E-state index contributed by atoms with van der Waals surface area (Å²) in [5, 5.41) is 1.49. The third kappa shape index (κ3) is 10.1. The van der Waals surface area contributed by atoms with Gasteiger partial charge in [0, 0.05) is 60.7 Å². The first-order valence-electron chi connectivity index (χ1n) is 32.5. The Morgan fingerprint density at radius 3 is 1.85 bits per heavy atom. The van der Waals surface area contributed by atoms with E-state index in [-0.39, 0.29) is 71.2 Å². The van der Waals surface area contributed by atoms with Crippen LogP contribution >= 0.6 is 0 Å². The smallest absolute Gasteiger partial charge is 0.268 e. The summed E-state index contributed by atoms with van der Waals surface area (Å²) in [5.74, 6) is 1.46. The summed E-state index contributed by atoms with van der Waals surface area (Å²) < 4.78 is 86.1. The second kappa shape index (κ2) is 21.5. The van der Waals surface area contributed by atoms with Crippen LogP contribution in [-0.2, 0) is 43.7 Å². The molecule has 4 aromatic heterocycles. The van der Waals surface area contributed by atoms with Crippen molar-refractivity contribution in [2.75, 3.05) is 0 Å². The molecule has 0 atom stereocenters. The van der Waals surface area contributed by atoms with Gasteiger partial charge < -0.3 is 18.4 Å². The van der Waals surface area contributed by atoms with Crippen LogP contribution in [0, 0.1) is 18.5 Å². The number of hydrogen-bond donors (Lipinski definition) is 0. The van der Waals surface area contributed by atoms with Crippen molar-refractivity contribution >= 4 is 54.6 Å². The molecule has 0 bridgehead atoms. The summed E-state index contributed by atoms with van der Waals surface area (Å²) in [4.78, 5) is 5.01. The largest absolute Gasteiger partial charge is 0.510 e. The van der Waals surface area contributed by atoms with Crippen molar-refractivity contribution in [1.29, 1.82) is 0 Å². The summed E-state index contributed by atoms with van der Waals surface area (Å²) in [5.41, 5.74) is 14.1. The van der Waals surface area contributed by atoms with Crippen molar-refractivity contribution in [2.45, 2.75) is 78.1 Å². The average Bonchev–Trinajstić information content (AvgIpc) is 1.55. The Morgan fingerprint density at radius 1 is 0.506 bits per heavy atom. The molecule has 0 radical (unpaired) electrons. The number of nitrogens with zero attached hydrogens (tertiary/aromatic N) is 5. The van der Waals surface area contributed by atoms with Gasteiger partial charge in [-0.15, -0.1) is 29.7 Å². The van der Waals surface area contributed by atoms with Crippen LogP contribution in [0.4, 0.5) is 0 Å². The zero-order valence-corrected chi connectivity index (χ0v) is 50.8. The summed E-state index contributed by atoms with van der Waals surface area (Å²) in [7, 11) is 0. The first-order chi connectivity index (χ1) is 44.0. The fourth-order valence-electron chi connectivity index (χ4n) is 11.9. The number of ether oxygens (including phenoxy) is 1. The van der Waals surface area contributed by atoms with Crippen molar-refractivity contribution in [3.8, 4) is 56.6 Å². The maximum atomic E-state index is 9.25. The molecule has 0 saturated heterocycles. The summed E-state index contributed by atoms with van der Waals surface area (Å²) in [6, 6.07) is 66.0. The van der Waals surface area contributed by atoms with Crippen LogP contribution in [0.25, 0.3) is 99.8 Å². The summed E-state index contributed by atoms with van der Waals surface area (Å²) >= 11 is 0. The number of imidazole rings is 1.